The molecule has 29 heavy (non-hydrogen) atoms. The maximum Gasteiger partial charge on any atom is 0.223 e. The van der Waals surface area contributed by atoms with E-state index in [0.29, 0.717) is 30.4 Å². The van der Waals surface area contributed by atoms with Crippen LogP contribution < -0.4 is 0 Å². The Kier molecular flexibility index (Phi) is 6.03. The lowest BCUT2D eigenvalue weighted by Crippen LogP contribution is -2.39. The van der Waals surface area contributed by atoms with Crippen LogP contribution in [0.15, 0.2) is 65.2 Å². The Morgan fingerprint density at radius 2 is 1.79 bits per heavy atom. The smallest absolute Gasteiger partial charge is 0.223 e. The first-order valence-corrected chi connectivity index (χ1v) is 10.2. The van der Waals surface area contributed by atoms with Gasteiger partial charge in [0.25, 0.3) is 0 Å². The van der Waals surface area contributed by atoms with Crippen molar-refractivity contribution in [2.24, 2.45) is 5.92 Å². The number of carbonyl (C=O) groups is 1. The van der Waals surface area contributed by atoms with E-state index in [4.69, 9.17) is 4.42 Å². The molecule has 0 bridgehead atoms. The molecule has 150 valence electrons. The van der Waals surface area contributed by atoms with Crippen molar-refractivity contribution in [1.29, 1.82) is 0 Å². The number of rotatable bonds is 6. The minimum Gasteiger partial charge on any atom is -0.441 e. The number of amides is 1. The molecule has 2 aromatic carbocycles. The number of aryl methyl sites for hydroxylation is 1. The summed E-state index contributed by atoms with van der Waals surface area (Å²) in [5, 5.41) is 0. The van der Waals surface area contributed by atoms with Crippen LogP contribution in [0.25, 0.3) is 11.3 Å². The van der Waals surface area contributed by atoms with Gasteiger partial charge in [0.2, 0.25) is 5.91 Å². The summed E-state index contributed by atoms with van der Waals surface area (Å²) in [7, 11) is 0. The molecule has 0 aliphatic carbocycles. The van der Waals surface area contributed by atoms with Crippen molar-refractivity contribution < 1.29 is 13.6 Å². The van der Waals surface area contributed by atoms with E-state index in [1.807, 2.05) is 11.0 Å². The predicted octanol–water partition coefficient (Wildman–Crippen LogP) is 4.89. The monoisotopic (exact) mass is 392 g/mol. The van der Waals surface area contributed by atoms with Crippen LogP contribution in [0.1, 0.15) is 30.7 Å². The molecule has 0 saturated carbocycles. The molecule has 0 N–H and O–H groups in total. The molecule has 1 aromatic heterocycles. The standard InChI is InChI=1S/C24H25FN2O2/c25-21-8-6-20(7-9-21)22-17-26-23(29-22)10-11-24(28)27-14-12-19(13-15-27)16-18-4-2-1-3-5-18/h1-9,17,19H,10-16H2. The fourth-order valence-electron chi connectivity index (χ4n) is 3.88. The summed E-state index contributed by atoms with van der Waals surface area (Å²) in [5.74, 6) is 1.65. The number of hydrogen-bond donors (Lipinski definition) is 0. The fourth-order valence-corrected chi connectivity index (χ4v) is 3.88. The van der Waals surface area contributed by atoms with Crippen LogP contribution in [0.4, 0.5) is 4.39 Å². The maximum atomic E-state index is 13.0. The first-order valence-electron chi connectivity index (χ1n) is 10.2. The Morgan fingerprint density at radius 1 is 1.07 bits per heavy atom. The molecule has 1 saturated heterocycles. The highest BCUT2D eigenvalue weighted by Gasteiger charge is 2.23. The molecule has 0 atom stereocenters. The van der Waals surface area contributed by atoms with Crippen LogP contribution in [0.3, 0.4) is 0 Å². The molecule has 1 aliphatic heterocycles. The summed E-state index contributed by atoms with van der Waals surface area (Å²) in [5.41, 5.74) is 2.15. The van der Waals surface area contributed by atoms with Gasteiger partial charge in [0.15, 0.2) is 11.7 Å². The molecule has 2 heterocycles. The minimum absolute atomic E-state index is 0.157. The lowest BCUT2D eigenvalue weighted by atomic mass is 9.90. The summed E-state index contributed by atoms with van der Waals surface area (Å²) >= 11 is 0. The molecule has 4 rings (SSSR count). The van der Waals surface area contributed by atoms with Crippen molar-refractivity contribution in [3.05, 3.63) is 78.1 Å². The van der Waals surface area contributed by atoms with Crippen LogP contribution in [0, 0.1) is 11.7 Å². The molecular weight excluding hydrogens is 367 g/mol. The summed E-state index contributed by atoms with van der Waals surface area (Å²) in [6, 6.07) is 16.7. The summed E-state index contributed by atoms with van der Waals surface area (Å²) in [6.45, 7) is 1.64. The van der Waals surface area contributed by atoms with Gasteiger partial charge in [-0.25, -0.2) is 9.37 Å². The van der Waals surface area contributed by atoms with Gasteiger partial charge >= 0.3 is 0 Å². The molecular formula is C24H25FN2O2. The van der Waals surface area contributed by atoms with Gasteiger partial charge < -0.3 is 9.32 Å². The van der Waals surface area contributed by atoms with E-state index < -0.39 is 0 Å². The Bertz CT molecular complexity index is 929. The molecule has 0 spiro atoms. The quantitative estimate of drug-likeness (QED) is 0.600. The zero-order valence-electron chi connectivity index (χ0n) is 16.4. The topological polar surface area (TPSA) is 46.3 Å². The molecule has 0 unspecified atom stereocenters. The molecule has 0 radical (unpaired) electrons. The van der Waals surface area contributed by atoms with E-state index in [9.17, 15) is 9.18 Å². The van der Waals surface area contributed by atoms with E-state index >= 15 is 0 Å². The van der Waals surface area contributed by atoms with Crippen LogP contribution in [-0.4, -0.2) is 28.9 Å². The Labute approximate surface area is 170 Å². The number of nitrogens with zero attached hydrogens (tertiary/aromatic N) is 2. The average Bonchev–Trinajstić information content (AvgIpc) is 3.23. The second-order valence-electron chi connectivity index (χ2n) is 7.64. The van der Waals surface area contributed by atoms with E-state index in [1.54, 1.807) is 18.3 Å². The lowest BCUT2D eigenvalue weighted by molar-refractivity contribution is -0.132. The number of likely N-dealkylation sites (tertiary alicyclic amines) is 1. The van der Waals surface area contributed by atoms with Gasteiger partial charge in [0.05, 0.1) is 6.20 Å². The zero-order chi connectivity index (χ0) is 20.1. The lowest BCUT2D eigenvalue weighted by Gasteiger charge is -2.32. The van der Waals surface area contributed by atoms with Crippen LogP contribution in [0.2, 0.25) is 0 Å². The van der Waals surface area contributed by atoms with Crippen molar-refractivity contribution in [3.63, 3.8) is 0 Å². The minimum atomic E-state index is -0.286. The Balaban J connectivity index is 1.24. The number of hydrogen-bond acceptors (Lipinski definition) is 3. The predicted molar refractivity (Wildman–Crippen MR) is 110 cm³/mol. The molecule has 1 fully saturated rings. The summed E-state index contributed by atoms with van der Waals surface area (Å²) in [4.78, 5) is 18.8. The van der Waals surface area contributed by atoms with Gasteiger partial charge in [-0.1, -0.05) is 30.3 Å². The van der Waals surface area contributed by atoms with E-state index in [2.05, 4.69) is 29.2 Å². The van der Waals surface area contributed by atoms with Gasteiger partial charge in [-0.05, 0) is 55.0 Å². The third-order valence-corrected chi connectivity index (χ3v) is 5.57. The summed E-state index contributed by atoms with van der Waals surface area (Å²) in [6.07, 6.45) is 5.69. The maximum absolute atomic E-state index is 13.0. The third-order valence-electron chi connectivity index (χ3n) is 5.57. The molecule has 5 heteroatoms. The van der Waals surface area contributed by atoms with Gasteiger partial charge in [-0.15, -0.1) is 0 Å². The SMILES string of the molecule is O=C(CCc1ncc(-c2ccc(F)cc2)o1)N1CCC(Cc2ccccc2)CC1. The van der Waals surface area contributed by atoms with Gasteiger partial charge in [-0.2, -0.15) is 0 Å². The van der Waals surface area contributed by atoms with Gasteiger partial charge in [0.1, 0.15) is 5.82 Å². The van der Waals surface area contributed by atoms with Crippen molar-refractivity contribution in [2.45, 2.75) is 32.1 Å². The van der Waals surface area contributed by atoms with Gasteiger partial charge in [0, 0.05) is 31.5 Å². The Hall–Kier alpha value is -2.95. The fraction of sp³-hybridized carbons (Fsp3) is 0.333. The van der Waals surface area contributed by atoms with Crippen molar-refractivity contribution >= 4 is 5.91 Å². The highest BCUT2D eigenvalue weighted by Crippen LogP contribution is 2.23. The number of aromatic nitrogens is 1. The van der Waals surface area contributed by atoms with E-state index in [1.165, 1.54) is 17.7 Å². The van der Waals surface area contributed by atoms with Crippen LogP contribution >= 0.6 is 0 Å². The van der Waals surface area contributed by atoms with Crippen molar-refractivity contribution in [3.8, 4) is 11.3 Å². The average molecular weight is 392 g/mol. The summed E-state index contributed by atoms with van der Waals surface area (Å²) < 4.78 is 18.8. The highest BCUT2D eigenvalue weighted by molar-refractivity contribution is 5.76. The third kappa shape index (κ3) is 5.11. The van der Waals surface area contributed by atoms with E-state index in [-0.39, 0.29) is 11.7 Å². The van der Waals surface area contributed by atoms with Crippen molar-refractivity contribution in [2.75, 3.05) is 13.1 Å². The number of halogens is 1. The second-order valence-corrected chi connectivity index (χ2v) is 7.64. The number of oxazole rings is 1. The highest BCUT2D eigenvalue weighted by atomic mass is 19.1. The molecule has 1 amide bonds. The largest absolute Gasteiger partial charge is 0.441 e. The number of piperidine rings is 1. The van der Waals surface area contributed by atoms with Gasteiger partial charge in [-0.3, -0.25) is 4.79 Å². The zero-order valence-corrected chi connectivity index (χ0v) is 16.4. The first kappa shape index (κ1) is 19.4. The molecule has 3 aromatic rings. The van der Waals surface area contributed by atoms with Crippen LogP contribution in [-0.2, 0) is 17.6 Å². The molecule has 4 nitrogen and oxygen atoms in total. The number of carbonyl (C=O) groups excluding carboxylic acids is 1. The second kappa shape index (κ2) is 9.03. The van der Waals surface area contributed by atoms with Crippen molar-refractivity contribution in [1.82, 2.24) is 9.88 Å². The molecule has 1 aliphatic rings. The van der Waals surface area contributed by atoms with E-state index in [0.717, 1.165) is 37.9 Å². The Morgan fingerprint density at radius 3 is 2.52 bits per heavy atom. The van der Waals surface area contributed by atoms with Crippen LogP contribution in [0.5, 0.6) is 0 Å². The first-order chi connectivity index (χ1) is 14.2. The normalized spacial score (nSPS) is 14.9. The number of benzene rings is 2.